The van der Waals surface area contributed by atoms with Crippen LogP contribution in [0.5, 0.6) is 0 Å². The molecule has 0 aliphatic heterocycles. The van der Waals surface area contributed by atoms with Crippen molar-refractivity contribution in [3.8, 4) is 0 Å². The van der Waals surface area contributed by atoms with Crippen molar-refractivity contribution in [2.24, 2.45) is 5.16 Å². The van der Waals surface area contributed by atoms with Crippen LogP contribution in [0.25, 0.3) is 11.0 Å². The predicted molar refractivity (Wildman–Crippen MR) is 75.2 cm³/mol. The maximum absolute atomic E-state index is 4.96. The van der Waals surface area contributed by atoms with Crippen molar-refractivity contribution < 1.29 is 4.84 Å². The lowest BCUT2D eigenvalue weighted by atomic mass is 10.0. The van der Waals surface area contributed by atoms with Gasteiger partial charge in [-0.25, -0.2) is 4.98 Å². The summed E-state index contributed by atoms with van der Waals surface area (Å²) < 4.78 is 0. The number of H-pyrrole nitrogens is 1. The third-order valence-electron chi connectivity index (χ3n) is 2.90. The fraction of sp³-hybridized carbons (Fsp3) is 0.0667. The van der Waals surface area contributed by atoms with Gasteiger partial charge >= 0.3 is 0 Å². The number of fused-ring (bicyclic) bond motifs is 1. The first-order valence-corrected chi connectivity index (χ1v) is 5.98. The Kier molecular flexibility index (Phi) is 2.98. The van der Waals surface area contributed by atoms with Crippen molar-refractivity contribution in [3.05, 3.63) is 66.0 Å². The minimum absolute atomic E-state index is 0.777. The van der Waals surface area contributed by atoms with Gasteiger partial charge in [-0.1, -0.05) is 35.5 Å². The molecule has 19 heavy (non-hydrogen) atoms. The summed E-state index contributed by atoms with van der Waals surface area (Å²) in [5.41, 5.74) is 3.58. The first-order chi connectivity index (χ1) is 9.38. The maximum atomic E-state index is 4.96. The van der Waals surface area contributed by atoms with Gasteiger partial charge in [0.25, 0.3) is 0 Å². The van der Waals surface area contributed by atoms with Crippen LogP contribution in [0.2, 0.25) is 0 Å². The van der Waals surface area contributed by atoms with Gasteiger partial charge in [0, 0.05) is 28.9 Å². The first-order valence-electron chi connectivity index (χ1n) is 5.98. The summed E-state index contributed by atoms with van der Waals surface area (Å²) in [6.45, 7) is 0. The van der Waals surface area contributed by atoms with Gasteiger partial charge in [0.2, 0.25) is 0 Å². The van der Waals surface area contributed by atoms with Gasteiger partial charge in [-0.3, -0.25) is 0 Å². The fourth-order valence-electron chi connectivity index (χ4n) is 2.03. The molecule has 3 aromatic rings. The molecule has 1 aromatic carbocycles. The molecule has 4 heteroatoms. The average molecular weight is 251 g/mol. The van der Waals surface area contributed by atoms with Gasteiger partial charge in [-0.2, -0.15) is 0 Å². The molecule has 94 valence electrons. The first kappa shape index (κ1) is 11.5. The molecule has 2 heterocycles. The minimum atomic E-state index is 0.777. The molecule has 0 aliphatic carbocycles. The number of pyridine rings is 1. The summed E-state index contributed by atoms with van der Waals surface area (Å²) in [6, 6.07) is 14.0. The number of nitrogens with zero attached hydrogens (tertiary/aromatic N) is 2. The fourth-order valence-corrected chi connectivity index (χ4v) is 2.03. The second-order valence-electron chi connectivity index (χ2n) is 4.13. The SMILES string of the molecule is CO/N=C(\c1ccccc1)c1cnc2[nH]ccc2c1. The Morgan fingerprint density at radius 3 is 2.79 bits per heavy atom. The zero-order chi connectivity index (χ0) is 13.1. The van der Waals surface area contributed by atoms with E-state index in [4.69, 9.17) is 4.84 Å². The zero-order valence-electron chi connectivity index (χ0n) is 10.5. The predicted octanol–water partition coefficient (Wildman–Crippen LogP) is 2.96. The van der Waals surface area contributed by atoms with Crippen LogP contribution in [-0.4, -0.2) is 22.8 Å². The van der Waals surface area contributed by atoms with E-state index in [1.54, 1.807) is 13.3 Å². The summed E-state index contributed by atoms with van der Waals surface area (Å²) >= 11 is 0. The highest BCUT2D eigenvalue weighted by Gasteiger charge is 2.09. The molecule has 0 aliphatic rings. The van der Waals surface area contributed by atoms with Crippen LogP contribution in [-0.2, 0) is 4.84 Å². The van der Waals surface area contributed by atoms with Crippen molar-refractivity contribution in [1.29, 1.82) is 0 Å². The Hall–Kier alpha value is -2.62. The Bertz CT molecular complexity index is 716. The third-order valence-corrected chi connectivity index (χ3v) is 2.90. The molecule has 0 bridgehead atoms. The lowest BCUT2D eigenvalue weighted by Gasteiger charge is -2.05. The molecule has 3 rings (SSSR count). The van der Waals surface area contributed by atoms with Crippen LogP contribution in [0.1, 0.15) is 11.1 Å². The van der Waals surface area contributed by atoms with Crippen LogP contribution >= 0.6 is 0 Å². The minimum Gasteiger partial charge on any atom is -0.399 e. The highest BCUT2D eigenvalue weighted by molar-refractivity contribution is 6.13. The molecule has 0 amide bonds. The van der Waals surface area contributed by atoms with Crippen molar-refractivity contribution in [2.45, 2.75) is 0 Å². The maximum Gasteiger partial charge on any atom is 0.137 e. The molecule has 0 atom stereocenters. The second-order valence-corrected chi connectivity index (χ2v) is 4.13. The van der Waals surface area contributed by atoms with E-state index >= 15 is 0 Å². The number of hydrogen-bond acceptors (Lipinski definition) is 3. The molecule has 1 N–H and O–H groups in total. The van der Waals surface area contributed by atoms with Crippen LogP contribution in [0.3, 0.4) is 0 Å². The molecule has 0 saturated carbocycles. The van der Waals surface area contributed by atoms with E-state index in [0.717, 1.165) is 27.9 Å². The van der Waals surface area contributed by atoms with E-state index in [0.29, 0.717) is 0 Å². The summed E-state index contributed by atoms with van der Waals surface area (Å²) in [5, 5.41) is 5.18. The smallest absolute Gasteiger partial charge is 0.137 e. The Balaban J connectivity index is 2.12. The standard InChI is InChI=1S/C15H13N3O/c1-19-18-14(11-5-3-2-4-6-11)13-9-12-7-8-16-15(12)17-10-13/h2-10H,1H3,(H,16,17)/b18-14+. The number of oxime groups is 1. The van der Waals surface area contributed by atoms with Gasteiger partial charge in [-0.05, 0) is 12.1 Å². The van der Waals surface area contributed by atoms with Crippen LogP contribution in [0.4, 0.5) is 0 Å². The van der Waals surface area contributed by atoms with E-state index < -0.39 is 0 Å². The van der Waals surface area contributed by atoms with Gasteiger partial charge < -0.3 is 9.82 Å². The zero-order valence-corrected chi connectivity index (χ0v) is 10.5. The highest BCUT2D eigenvalue weighted by atomic mass is 16.6. The molecule has 4 nitrogen and oxygen atoms in total. The molecule has 0 spiro atoms. The molecule has 0 unspecified atom stereocenters. The number of benzene rings is 1. The molecular formula is C15H13N3O. The molecule has 0 fully saturated rings. The van der Waals surface area contributed by atoms with Gasteiger partial charge in [0.1, 0.15) is 18.5 Å². The van der Waals surface area contributed by atoms with Crippen molar-refractivity contribution in [2.75, 3.05) is 7.11 Å². The van der Waals surface area contributed by atoms with Crippen molar-refractivity contribution >= 4 is 16.7 Å². The van der Waals surface area contributed by atoms with E-state index in [-0.39, 0.29) is 0 Å². The summed E-state index contributed by atoms with van der Waals surface area (Å²) in [4.78, 5) is 12.4. The Morgan fingerprint density at radius 2 is 2.00 bits per heavy atom. The Labute approximate surface area is 110 Å². The highest BCUT2D eigenvalue weighted by Crippen LogP contribution is 2.16. The Morgan fingerprint density at radius 1 is 1.16 bits per heavy atom. The topological polar surface area (TPSA) is 50.3 Å². The summed E-state index contributed by atoms with van der Waals surface area (Å²) in [5.74, 6) is 0. The lowest BCUT2D eigenvalue weighted by molar-refractivity contribution is 0.214. The normalized spacial score (nSPS) is 11.7. The van der Waals surface area contributed by atoms with E-state index in [2.05, 4.69) is 15.1 Å². The van der Waals surface area contributed by atoms with Crippen molar-refractivity contribution in [3.63, 3.8) is 0 Å². The largest absolute Gasteiger partial charge is 0.399 e. The average Bonchev–Trinajstić information content (AvgIpc) is 2.93. The van der Waals surface area contributed by atoms with E-state index in [1.807, 2.05) is 48.7 Å². The van der Waals surface area contributed by atoms with Crippen LogP contribution in [0, 0.1) is 0 Å². The van der Waals surface area contributed by atoms with Gasteiger partial charge in [-0.15, -0.1) is 0 Å². The quantitative estimate of drug-likeness (QED) is 0.574. The monoisotopic (exact) mass is 251 g/mol. The molecule has 0 radical (unpaired) electrons. The number of aromatic nitrogens is 2. The number of aromatic amines is 1. The van der Waals surface area contributed by atoms with E-state index in [9.17, 15) is 0 Å². The molecule has 2 aromatic heterocycles. The van der Waals surface area contributed by atoms with Crippen LogP contribution in [0.15, 0.2) is 60.0 Å². The lowest BCUT2D eigenvalue weighted by Crippen LogP contribution is -2.04. The van der Waals surface area contributed by atoms with Crippen LogP contribution < -0.4 is 0 Å². The van der Waals surface area contributed by atoms with Crippen molar-refractivity contribution in [1.82, 2.24) is 9.97 Å². The number of rotatable bonds is 3. The summed E-state index contributed by atoms with van der Waals surface area (Å²) in [6.07, 6.45) is 3.67. The second kappa shape index (κ2) is 4.94. The van der Waals surface area contributed by atoms with Gasteiger partial charge in [0.15, 0.2) is 0 Å². The summed E-state index contributed by atoms with van der Waals surface area (Å²) in [7, 11) is 1.55. The van der Waals surface area contributed by atoms with E-state index in [1.165, 1.54) is 0 Å². The number of hydrogen-bond donors (Lipinski definition) is 1. The van der Waals surface area contributed by atoms with Gasteiger partial charge in [0.05, 0.1) is 0 Å². The molecular weight excluding hydrogens is 238 g/mol. The number of nitrogens with one attached hydrogen (secondary N) is 1. The third kappa shape index (κ3) is 2.20. The molecule has 0 saturated heterocycles.